The summed E-state index contributed by atoms with van der Waals surface area (Å²) in [6, 6.07) is 7.78. The maximum atomic E-state index is 5.49. The monoisotopic (exact) mass is 247 g/mol. The Morgan fingerprint density at radius 3 is 2.22 bits per heavy atom. The van der Waals surface area contributed by atoms with Gasteiger partial charge in [-0.3, -0.25) is 0 Å². The van der Waals surface area contributed by atoms with Gasteiger partial charge in [-0.25, -0.2) is 0 Å². The van der Waals surface area contributed by atoms with E-state index >= 15 is 0 Å². The maximum Gasteiger partial charge on any atom is 0.118 e. The Bertz CT molecular complexity index is 434. The van der Waals surface area contributed by atoms with Gasteiger partial charge in [0.1, 0.15) is 17.6 Å². The lowest BCUT2D eigenvalue weighted by Gasteiger charge is -2.02. The molecule has 0 amide bonds. The predicted octanol–water partition coefficient (Wildman–Crippen LogP) is 3.22. The number of hydrogen-bond donors (Lipinski definition) is 0. The first-order valence-corrected chi connectivity index (χ1v) is 6.85. The van der Waals surface area contributed by atoms with Crippen molar-refractivity contribution in [2.75, 3.05) is 6.61 Å². The number of rotatable bonds is 8. The third-order valence-corrected chi connectivity index (χ3v) is 2.97. The van der Waals surface area contributed by atoms with Gasteiger partial charge >= 0.3 is 0 Å². The van der Waals surface area contributed by atoms with Crippen molar-refractivity contribution in [1.29, 1.82) is 0 Å². The Morgan fingerprint density at radius 2 is 1.56 bits per heavy atom. The van der Waals surface area contributed by atoms with Crippen molar-refractivity contribution in [2.45, 2.75) is 45.4 Å². The molecule has 1 heterocycles. The molecule has 0 aliphatic heterocycles. The molecule has 0 unspecified atom stereocenters. The number of benzene rings is 1. The van der Waals surface area contributed by atoms with Crippen molar-refractivity contribution in [2.24, 2.45) is 0 Å². The first-order chi connectivity index (χ1) is 8.90. The van der Waals surface area contributed by atoms with E-state index in [1.54, 1.807) is 0 Å². The molecule has 0 fully saturated rings. The highest BCUT2D eigenvalue weighted by Crippen LogP contribution is 2.07. The first kappa shape index (κ1) is 12.9. The third kappa shape index (κ3) is 3.72. The average Bonchev–Trinajstić information content (AvgIpc) is 2.80. The van der Waals surface area contributed by atoms with Crippen LogP contribution in [-0.2, 0) is 0 Å². The summed E-state index contributed by atoms with van der Waals surface area (Å²) in [7, 11) is 0. The number of aromatic nitrogens is 3. The third-order valence-electron chi connectivity index (χ3n) is 2.97. The van der Waals surface area contributed by atoms with Gasteiger partial charge in [0.15, 0.2) is 0 Å². The highest BCUT2D eigenvalue weighted by atomic mass is 16.7. The van der Waals surface area contributed by atoms with E-state index in [1.807, 2.05) is 24.3 Å². The summed E-state index contributed by atoms with van der Waals surface area (Å²) < 4.78 is 0. The summed E-state index contributed by atoms with van der Waals surface area (Å²) >= 11 is 0. The summed E-state index contributed by atoms with van der Waals surface area (Å²) in [6.07, 6.45) is 7.56. The molecule has 98 valence electrons. The highest BCUT2D eigenvalue weighted by molar-refractivity contribution is 5.72. The van der Waals surface area contributed by atoms with Crippen LogP contribution in [0.4, 0.5) is 0 Å². The van der Waals surface area contributed by atoms with Crippen molar-refractivity contribution < 1.29 is 4.84 Å². The molecule has 18 heavy (non-hydrogen) atoms. The molecular weight excluding hydrogens is 226 g/mol. The smallest absolute Gasteiger partial charge is 0.118 e. The molecule has 2 aromatic rings. The number of fused-ring (bicyclic) bond motifs is 1. The van der Waals surface area contributed by atoms with E-state index in [2.05, 4.69) is 17.1 Å². The summed E-state index contributed by atoms with van der Waals surface area (Å²) in [5, 5.41) is 8.49. The Morgan fingerprint density at radius 1 is 0.944 bits per heavy atom. The molecule has 0 saturated heterocycles. The fourth-order valence-corrected chi connectivity index (χ4v) is 1.93. The van der Waals surface area contributed by atoms with Gasteiger partial charge in [-0.05, 0) is 29.9 Å². The summed E-state index contributed by atoms with van der Waals surface area (Å²) in [4.78, 5) is 6.84. The molecular formula is C14H21N3O. The standard InChI is InChI=1S/C14H21N3O/c1-2-3-4-5-6-9-12-18-17-15-13-10-7-8-11-14(13)16-17/h7-8,10-11H,2-6,9,12H2,1H3. The topological polar surface area (TPSA) is 39.9 Å². The molecule has 1 aromatic heterocycles. The zero-order valence-corrected chi connectivity index (χ0v) is 11.0. The Labute approximate surface area is 108 Å². The number of hydrogen-bond acceptors (Lipinski definition) is 3. The zero-order valence-electron chi connectivity index (χ0n) is 11.0. The van der Waals surface area contributed by atoms with Crippen LogP contribution in [0.15, 0.2) is 24.3 Å². The number of unbranched alkanes of at least 4 members (excludes halogenated alkanes) is 5. The van der Waals surface area contributed by atoms with Gasteiger partial charge in [0.05, 0.1) is 0 Å². The molecule has 0 bridgehead atoms. The molecule has 0 aliphatic rings. The molecule has 0 atom stereocenters. The number of nitrogens with zero attached hydrogens (tertiary/aromatic N) is 3. The minimum atomic E-state index is 0.688. The summed E-state index contributed by atoms with van der Waals surface area (Å²) in [6.45, 7) is 2.92. The van der Waals surface area contributed by atoms with E-state index in [4.69, 9.17) is 4.84 Å². The van der Waals surface area contributed by atoms with Crippen LogP contribution in [-0.4, -0.2) is 21.8 Å². The SMILES string of the molecule is CCCCCCCCOn1nc2ccccc2n1. The van der Waals surface area contributed by atoms with E-state index in [1.165, 1.54) is 37.1 Å². The molecule has 1 aromatic carbocycles. The van der Waals surface area contributed by atoms with Crippen LogP contribution in [0.1, 0.15) is 45.4 Å². The van der Waals surface area contributed by atoms with Crippen molar-refractivity contribution in [3.63, 3.8) is 0 Å². The lowest BCUT2D eigenvalue weighted by atomic mass is 10.1. The molecule has 0 N–H and O–H groups in total. The molecule has 2 rings (SSSR count). The molecule has 0 spiro atoms. The van der Waals surface area contributed by atoms with E-state index in [-0.39, 0.29) is 0 Å². The van der Waals surface area contributed by atoms with E-state index in [0.29, 0.717) is 6.61 Å². The van der Waals surface area contributed by atoms with E-state index in [9.17, 15) is 0 Å². The zero-order chi connectivity index (χ0) is 12.6. The van der Waals surface area contributed by atoms with E-state index in [0.717, 1.165) is 17.5 Å². The maximum absolute atomic E-state index is 5.49. The normalized spacial score (nSPS) is 10.9. The fraction of sp³-hybridized carbons (Fsp3) is 0.571. The molecule has 0 aliphatic carbocycles. The van der Waals surface area contributed by atoms with Crippen LogP contribution in [0.3, 0.4) is 0 Å². The van der Waals surface area contributed by atoms with Crippen LogP contribution in [0.25, 0.3) is 11.0 Å². The summed E-state index contributed by atoms with van der Waals surface area (Å²) in [5.41, 5.74) is 1.75. The van der Waals surface area contributed by atoms with Crippen LogP contribution < -0.4 is 4.84 Å². The van der Waals surface area contributed by atoms with Gasteiger partial charge in [-0.1, -0.05) is 44.7 Å². The second-order valence-corrected chi connectivity index (χ2v) is 4.54. The highest BCUT2D eigenvalue weighted by Gasteiger charge is 2.01. The van der Waals surface area contributed by atoms with E-state index < -0.39 is 0 Å². The minimum Gasteiger partial charge on any atom is -0.381 e. The lowest BCUT2D eigenvalue weighted by Crippen LogP contribution is -2.15. The van der Waals surface area contributed by atoms with Crippen molar-refractivity contribution in [1.82, 2.24) is 15.2 Å². The van der Waals surface area contributed by atoms with Crippen LogP contribution in [0.2, 0.25) is 0 Å². The fourth-order valence-electron chi connectivity index (χ4n) is 1.93. The van der Waals surface area contributed by atoms with Crippen molar-refractivity contribution >= 4 is 11.0 Å². The van der Waals surface area contributed by atoms with Crippen LogP contribution in [0, 0.1) is 0 Å². The molecule has 0 radical (unpaired) electrons. The van der Waals surface area contributed by atoms with Crippen LogP contribution in [0.5, 0.6) is 0 Å². The van der Waals surface area contributed by atoms with Crippen molar-refractivity contribution in [3.8, 4) is 0 Å². The largest absolute Gasteiger partial charge is 0.381 e. The van der Waals surface area contributed by atoms with Gasteiger partial charge in [0, 0.05) is 0 Å². The van der Waals surface area contributed by atoms with Gasteiger partial charge in [0.2, 0.25) is 0 Å². The van der Waals surface area contributed by atoms with Gasteiger partial charge in [-0.15, -0.1) is 10.2 Å². The Hall–Kier alpha value is -1.58. The predicted molar refractivity (Wildman–Crippen MR) is 72.4 cm³/mol. The Balaban J connectivity index is 1.67. The first-order valence-electron chi connectivity index (χ1n) is 6.85. The summed E-state index contributed by atoms with van der Waals surface area (Å²) in [5.74, 6) is 0. The average molecular weight is 247 g/mol. The lowest BCUT2D eigenvalue weighted by molar-refractivity contribution is 0.0529. The molecule has 0 saturated carbocycles. The van der Waals surface area contributed by atoms with Crippen molar-refractivity contribution in [3.05, 3.63) is 24.3 Å². The second kappa shape index (κ2) is 6.99. The Kier molecular flexibility index (Phi) is 5.00. The van der Waals surface area contributed by atoms with Crippen LogP contribution >= 0.6 is 0 Å². The van der Waals surface area contributed by atoms with Gasteiger partial charge in [0.25, 0.3) is 0 Å². The molecule has 4 heteroatoms. The van der Waals surface area contributed by atoms with Gasteiger partial charge in [-0.2, -0.15) is 0 Å². The minimum absolute atomic E-state index is 0.688. The second-order valence-electron chi connectivity index (χ2n) is 4.54. The quantitative estimate of drug-likeness (QED) is 0.672. The van der Waals surface area contributed by atoms with Gasteiger partial charge < -0.3 is 4.84 Å². The molecule has 4 nitrogen and oxygen atoms in total.